The van der Waals surface area contributed by atoms with Gasteiger partial charge < -0.3 is 9.47 Å². The fraction of sp³-hybridized carbons (Fsp3) is 0.133. The fourth-order valence-corrected chi connectivity index (χ4v) is 2.29. The third kappa shape index (κ3) is 4.12. The average molecular weight is 356 g/mol. The first kappa shape index (κ1) is 17.1. The van der Waals surface area contributed by atoms with Crippen LogP contribution in [0.25, 0.3) is 0 Å². The van der Waals surface area contributed by atoms with Crippen molar-refractivity contribution in [2.24, 2.45) is 0 Å². The number of carbonyl (C=O) groups excluding carboxylic acids is 1. The van der Waals surface area contributed by atoms with Crippen LogP contribution in [0.4, 0.5) is 5.69 Å². The number of nitrogens with zero attached hydrogens (tertiary/aromatic N) is 1. The van der Waals surface area contributed by atoms with Crippen molar-refractivity contribution in [1.29, 1.82) is 0 Å². The summed E-state index contributed by atoms with van der Waals surface area (Å²) in [5.74, 6) is -0.644. The topological polar surface area (TPSA) is 78.7 Å². The van der Waals surface area contributed by atoms with Crippen LogP contribution in [0.2, 0.25) is 10.0 Å². The number of carbonyl (C=O) groups is 1. The van der Waals surface area contributed by atoms with Crippen LogP contribution in [0.3, 0.4) is 0 Å². The van der Waals surface area contributed by atoms with Gasteiger partial charge in [0.25, 0.3) is 0 Å². The number of hydrogen-bond donors (Lipinski definition) is 0. The molecule has 0 N–H and O–H groups in total. The van der Waals surface area contributed by atoms with Gasteiger partial charge in [0.05, 0.1) is 17.6 Å². The maximum absolute atomic E-state index is 12.0. The molecule has 0 aliphatic heterocycles. The first-order valence-corrected chi connectivity index (χ1v) is 7.11. The van der Waals surface area contributed by atoms with Gasteiger partial charge in [0.15, 0.2) is 5.75 Å². The molecule has 23 heavy (non-hydrogen) atoms. The summed E-state index contributed by atoms with van der Waals surface area (Å²) in [6.45, 7) is -0.0747. The van der Waals surface area contributed by atoms with Crippen molar-refractivity contribution >= 4 is 34.9 Å². The second-order valence-electron chi connectivity index (χ2n) is 4.46. The molecule has 0 saturated heterocycles. The molecule has 8 heteroatoms. The normalized spacial score (nSPS) is 10.2. The van der Waals surface area contributed by atoms with Crippen LogP contribution in [-0.2, 0) is 11.3 Å². The van der Waals surface area contributed by atoms with E-state index in [0.29, 0.717) is 15.6 Å². The van der Waals surface area contributed by atoms with Gasteiger partial charge >= 0.3 is 11.7 Å². The SMILES string of the molecule is COc1ccc(C(=O)OCc2ccc(Cl)cc2Cl)cc1[N+](=O)[O-]. The van der Waals surface area contributed by atoms with E-state index in [1.807, 2.05) is 0 Å². The highest BCUT2D eigenvalue weighted by Crippen LogP contribution is 2.28. The van der Waals surface area contributed by atoms with E-state index < -0.39 is 10.9 Å². The number of halogens is 2. The molecule has 0 aliphatic rings. The zero-order valence-corrected chi connectivity index (χ0v) is 13.4. The number of rotatable bonds is 5. The van der Waals surface area contributed by atoms with Crippen LogP contribution in [0.1, 0.15) is 15.9 Å². The monoisotopic (exact) mass is 355 g/mol. The molecule has 0 spiro atoms. The molecule has 2 aromatic rings. The Morgan fingerprint density at radius 1 is 1.22 bits per heavy atom. The van der Waals surface area contributed by atoms with E-state index in [0.717, 1.165) is 6.07 Å². The summed E-state index contributed by atoms with van der Waals surface area (Å²) in [5, 5.41) is 11.8. The number of nitro benzene ring substituents is 1. The quantitative estimate of drug-likeness (QED) is 0.454. The fourth-order valence-electron chi connectivity index (χ4n) is 1.83. The Balaban J connectivity index is 2.14. The largest absolute Gasteiger partial charge is 0.490 e. The van der Waals surface area contributed by atoms with Gasteiger partial charge in [-0.25, -0.2) is 4.79 Å². The Bertz CT molecular complexity index is 764. The van der Waals surface area contributed by atoms with Crippen LogP contribution < -0.4 is 4.74 Å². The molecule has 0 fully saturated rings. The summed E-state index contributed by atoms with van der Waals surface area (Å²) in [6, 6.07) is 8.61. The van der Waals surface area contributed by atoms with E-state index in [2.05, 4.69) is 0 Å². The molecule has 0 unspecified atom stereocenters. The van der Waals surface area contributed by atoms with E-state index >= 15 is 0 Å². The molecular weight excluding hydrogens is 345 g/mol. The third-order valence-corrected chi connectivity index (χ3v) is 3.57. The highest BCUT2D eigenvalue weighted by Gasteiger charge is 2.19. The molecule has 6 nitrogen and oxygen atoms in total. The lowest BCUT2D eigenvalue weighted by Gasteiger charge is -2.08. The van der Waals surface area contributed by atoms with Gasteiger partial charge in [-0.05, 0) is 24.3 Å². The summed E-state index contributed by atoms with van der Waals surface area (Å²) >= 11 is 11.8. The number of hydrogen-bond acceptors (Lipinski definition) is 5. The minimum Gasteiger partial charge on any atom is -0.490 e. The summed E-state index contributed by atoms with van der Waals surface area (Å²) < 4.78 is 9.99. The molecule has 0 bridgehead atoms. The zero-order valence-electron chi connectivity index (χ0n) is 11.9. The highest BCUT2D eigenvalue weighted by atomic mass is 35.5. The second-order valence-corrected chi connectivity index (χ2v) is 5.30. The van der Waals surface area contributed by atoms with Gasteiger partial charge in [0.2, 0.25) is 0 Å². The molecule has 0 atom stereocenters. The molecule has 0 aromatic heterocycles. The van der Waals surface area contributed by atoms with Gasteiger partial charge in [0.1, 0.15) is 6.61 Å². The van der Waals surface area contributed by atoms with Gasteiger partial charge in [-0.15, -0.1) is 0 Å². The predicted molar refractivity (Wildman–Crippen MR) is 85.2 cm³/mol. The van der Waals surface area contributed by atoms with E-state index in [9.17, 15) is 14.9 Å². The first-order valence-electron chi connectivity index (χ1n) is 6.36. The number of methoxy groups -OCH3 is 1. The minimum atomic E-state index is -0.707. The van der Waals surface area contributed by atoms with E-state index in [4.69, 9.17) is 32.7 Å². The molecule has 120 valence electrons. The standard InChI is InChI=1S/C15H11Cl2NO5/c1-22-14-5-3-9(6-13(14)18(20)21)15(19)23-8-10-2-4-11(16)7-12(10)17/h2-7H,8H2,1H3. The summed E-state index contributed by atoms with van der Waals surface area (Å²) in [6.07, 6.45) is 0. The lowest BCUT2D eigenvalue weighted by molar-refractivity contribution is -0.385. The number of esters is 1. The Hall–Kier alpha value is -2.31. The molecular formula is C15H11Cl2NO5. The van der Waals surface area contributed by atoms with Gasteiger partial charge in [-0.2, -0.15) is 0 Å². The van der Waals surface area contributed by atoms with Gasteiger partial charge in [0, 0.05) is 21.7 Å². The Labute approximate surface area is 141 Å². The van der Waals surface area contributed by atoms with Gasteiger partial charge in [-0.1, -0.05) is 29.3 Å². The Morgan fingerprint density at radius 3 is 2.57 bits per heavy atom. The van der Waals surface area contributed by atoms with Crippen LogP contribution in [0.5, 0.6) is 5.75 Å². The molecule has 2 rings (SSSR count). The van der Waals surface area contributed by atoms with Crippen LogP contribution >= 0.6 is 23.2 Å². The van der Waals surface area contributed by atoms with Crippen molar-refractivity contribution < 1.29 is 19.2 Å². The van der Waals surface area contributed by atoms with Crippen LogP contribution in [-0.4, -0.2) is 18.0 Å². The molecule has 0 amide bonds. The molecule has 2 aromatic carbocycles. The summed E-state index contributed by atoms with van der Waals surface area (Å²) in [5.41, 5.74) is 0.307. The second kappa shape index (κ2) is 7.30. The van der Waals surface area contributed by atoms with Crippen molar-refractivity contribution in [2.75, 3.05) is 7.11 Å². The number of nitro groups is 1. The van der Waals surface area contributed by atoms with Crippen molar-refractivity contribution in [3.05, 3.63) is 67.7 Å². The number of ether oxygens (including phenoxy) is 2. The Kier molecular flexibility index (Phi) is 5.41. The molecule has 0 aliphatic carbocycles. The van der Waals surface area contributed by atoms with E-state index in [-0.39, 0.29) is 23.6 Å². The number of benzene rings is 2. The van der Waals surface area contributed by atoms with Crippen molar-refractivity contribution in [2.45, 2.75) is 6.61 Å². The van der Waals surface area contributed by atoms with Gasteiger partial charge in [-0.3, -0.25) is 10.1 Å². The summed E-state index contributed by atoms with van der Waals surface area (Å²) in [7, 11) is 1.31. The first-order chi connectivity index (χ1) is 10.9. The molecule has 0 saturated carbocycles. The Morgan fingerprint density at radius 2 is 1.96 bits per heavy atom. The van der Waals surface area contributed by atoms with Crippen LogP contribution in [0, 0.1) is 10.1 Å². The van der Waals surface area contributed by atoms with Crippen molar-refractivity contribution in [1.82, 2.24) is 0 Å². The highest BCUT2D eigenvalue weighted by molar-refractivity contribution is 6.35. The van der Waals surface area contributed by atoms with E-state index in [1.165, 1.54) is 25.3 Å². The van der Waals surface area contributed by atoms with Crippen molar-refractivity contribution in [3.8, 4) is 5.75 Å². The van der Waals surface area contributed by atoms with E-state index in [1.54, 1.807) is 12.1 Å². The third-order valence-electron chi connectivity index (χ3n) is 2.99. The van der Waals surface area contributed by atoms with Crippen LogP contribution in [0.15, 0.2) is 36.4 Å². The minimum absolute atomic E-state index is 0.0441. The average Bonchev–Trinajstić information content (AvgIpc) is 2.53. The lowest BCUT2D eigenvalue weighted by Crippen LogP contribution is -2.06. The maximum Gasteiger partial charge on any atom is 0.338 e. The molecule has 0 heterocycles. The smallest absolute Gasteiger partial charge is 0.338 e. The summed E-state index contributed by atoms with van der Waals surface area (Å²) in [4.78, 5) is 22.3. The molecule has 0 radical (unpaired) electrons. The zero-order chi connectivity index (χ0) is 17.0. The van der Waals surface area contributed by atoms with Crippen molar-refractivity contribution in [3.63, 3.8) is 0 Å². The lowest BCUT2D eigenvalue weighted by atomic mass is 10.2. The predicted octanol–water partition coefficient (Wildman–Crippen LogP) is 4.27. The maximum atomic E-state index is 12.0.